The van der Waals surface area contributed by atoms with Crippen LogP contribution < -0.4 is 0 Å². The van der Waals surface area contributed by atoms with Crippen LogP contribution in [-0.4, -0.2) is 24.9 Å². The van der Waals surface area contributed by atoms with Crippen molar-refractivity contribution in [1.29, 1.82) is 0 Å². The van der Waals surface area contributed by atoms with E-state index in [0.29, 0.717) is 5.02 Å². The van der Waals surface area contributed by atoms with Crippen molar-refractivity contribution in [3.8, 4) is 0 Å². The van der Waals surface area contributed by atoms with E-state index in [0.717, 1.165) is 47.2 Å². The number of halogens is 1. The Kier molecular flexibility index (Phi) is 4.39. The summed E-state index contributed by atoms with van der Waals surface area (Å²) >= 11 is 6.05. The summed E-state index contributed by atoms with van der Waals surface area (Å²) in [6.07, 6.45) is 13.5. The molecule has 0 saturated heterocycles. The molecule has 25 heavy (non-hydrogen) atoms. The summed E-state index contributed by atoms with van der Waals surface area (Å²) in [6, 6.07) is 5.94. The van der Waals surface area contributed by atoms with Crippen molar-refractivity contribution in [2.75, 3.05) is 0 Å². The van der Waals surface area contributed by atoms with Gasteiger partial charge in [0, 0.05) is 55.4 Å². The van der Waals surface area contributed by atoms with Gasteiger partial charge < -0.3 is 4.98 Å². The van der Waals surface area contributed by atoms with Crippen LogP contribution in [-0.2, 0) is 19.3 Å². The van der Waals surface area contributed by atoms with Gasteiger partial charge in [-0.25, -0.2) is 15.0 Å². The van der Waals surface area contributed by atoms with Crippen LogP contribution in [0.3, 0.4) is 0 Å². The Morgan fingerprint density at radius 2 is 1.84 bits per heavy atom. The highest BCUT2D eigenvalue weighted by atomic mass is 35.5. The summed E-state index contributed by atoms with van der Waals surface area (Å²) in [5.41, 5.74) is 4.23. The van der Waals surface area contributed by atoms with Crippen LogP contribution >= 0.6 is 11.6 Å². The zero-order chi connectivity index (χ0) is 17.1. The van der Waals surface area contributed by atoms with E-state index >= 15 is 0 Å². The van der Waals surface area contributed by atoms with Gasteiger partial charge >= 0.3 is 0 Å². The monoisotopic (exact) mass is 349 g/mol. The number of pyridine rings is 2. The van der Waals surface area contributed by atoms with Crippen LogP contribution in [0.2, 0.25) is 5.02 Å². The highest BCUT2D eigenvalue weighted by molar-refractivity contribution is 6.31. The molecule has 4 rings (SSSR count). The smallest absolute Gasteiger partial charge is 0.137 e. The molecule has 0 amide bonds. The van der Waals surface area contributed by atoms with Crippen LogP contribution in [0.4, 0.5) is 0 Å². The molecule has 4 aromatic rings. The summed E-state index contributed by atoms with van der Waals surface area (Å²) in [7, 11) is 0. The molecule has 6 heteroatoms. The molecule has 4 aromatic heterocycles. The topological polar surface area (TPSA) is 67.3 Å². The third-order valence-corrected chi connectivity index (χ3v) is 4.30. The molecule has 124 valence electrons. The Morgan fingerprint density at radius 1 is 0.960 bits per heavy atom. The lowest BCUT2D eigenvalue weighted by Gasteiger charge is -2.03. The highest BCUT2D eigenvalue weighted by Gasteiger charge is 2.07. The third-order valence-electron chi connectivity index (χ3n) is 4.10. The number of nitrogens with one attached hydrogen (secondary N) is 1. The predicted molar refractivity (Wildman–Crippen MR) is 97.6 cm³/mol. The molecule has 0 aliphatic rings. The summed E-state index contributed by atoms with van der Waals surface area (Å²) in [6.45, 7) is 0. The third kappa shape index (κ3) is 3.67. The van der Waals surface area contributed by atoms with Gasteiger partial charge in [0.2, 0.25) is 0 Å². The normalized spacial score (nSPS) is 11.1. The molecule has 0 aliphatic heterocycles. The quantitative estimate of drug-likeness (QED) is 0.595. The second kappa shape index (κ2) is 6.99. The van der Waals surface area contributed by atoms with E-state index in [1.54, 1.807) is 12.4 Å². The van der Waals surface area contributed by atoms with E-state index in [-0.39, 0.29) is 0 Å². The van der Waals surface area contributed by atoms with E-state index < -0.39 is 0 Å². The van der Waals surface area contributed by atoms with Crippen molar-refractivity contribution >= 4 is 22.6 Å². The molecule has 0 radical (unpaired) electrons. The number of hydrogen-bond acceptors (Lipinski definition) is 4. The van der Waals surface area contributed by atoms with Crippen LogP contribution in [0.25, 0.3) is 11.0 Å². The van der Waals surface area contributed by atoms with Crippen LogP contribution in [0.5, 0.6) is 0 Å². The number of aryl methyl sites for hydroxylation is 2. The summed E-state index contributed by atoms with van der Waals surface area (Å²) < 4.78 is 0. The van der Waals surface area contributed by atoms with E-state index in [1.807, 2.05) is 36.9 Å². The zero-order valence-corrected chi connectivity index (χ0v) is 14.2. The minimum Gasteiger partial charge on any atom is -0.346 e. The average Bonchev–Trinajstić information content (AvgIpc) is 3.04. The Balaban J connectivity index is 1.45. The molecule has 0 aliphatic carbocycles. The van der Waals surface area contributed by atoms with Gasteiger partial charge in [-0.3, -0.25) is 4.98 Å². The van der Waals surface area contributed by atoms with Gasteiger partial charge in [0.05, 0.1) is 5.02 Å². The summed E-state index contributed by atoms with van der Waals surface area (Å²) in [5.74, 6) is 0.844. The number of nitrogens with zero attached hydrogens (tertiary/aromatic N) is 4. The highest BCUT2D eigenvalue weighted by Crippen LogP contribution is 2.22. The lowest BCUT2D eigenvalue weighted by Crippen LogP contribution is -2.00. The fourth-order valence-corrected chi connectivity index (χ4v) is 2.96. The minimum absolute atomic E-state index is 0.635. The molecule has 4 heterocycles. The molecule has 0 atom stereocenters. The molecular formula is C19H16ClN5. The Labute approximate surface area is 150 Å². The molecule has 0 spiro atoms. The van der Waals surface area contributed by atoms with E-state index in [1.165, 1.54) is 5.56 Å². The maximum absolute atomic E-state index is 6.05. The molecular weight excluding hydrogens is 334 g/mol. The number of rotatable bonds is 5. The zero-order valence-electron chi connectivity index (χ0n) is 13.5. The van der Waals surface area contributed by atoms with Crippen molar-refractivity contribution in [3.63, 3.8) is 0 Å². The fourth-order valence-electron chi connectivity index (χ4n) is 2.80. The Morgan fingerprint density at radius 3 is 2.64 bits per heavy atom. The van der Waals surface area contributed by atoms with E-state index in [4.69, 9.17) is 11.6 Å². The number of aromatic nitrogens is 5. The van der Waals surface area contributed by atoms with Gasteiger partial charge in [-0.05, 0) is 35.2 Å². The number of aromatic amines is 1. The largest absolute Gasteiger partial charge is 0.346 e. The minimum atomic E-state index is 0.635. The van der Waals surface area contributed by atoms with Gasteiger partial charge in [0.25, 0.3) is 0 Å². The first kappa shape index (κ1) is 15.7. The van der Waals surface area contributed by atoms with Gasteiger partial charge in [-0.2, -0.15) is 0 Å². The van der Waals surface area contributed by atoms with Crippen molar-refractivity contribution in [3.05, 3.63) is 82.9 Å². The summed E-state index contributed by atoms with van der Waals surface area (Å²) in [4.78, 5) is 20.6. The average molecular weight is 350 g/mol. The van der Waals surface area contributed by atoms with E-state index in [2.05, 4.69) is 31.0 Å². The number of fused-ring (bicyclic) bond motifs is 1. The standard InChI is InChI=1S/C19H16ClN5/c20-16-7-17-15(11-24-19(17)25-12-16)6-14-9-22-18(23-10-14)4-3-13-2-1-5-21-8-13/h1-2,5,7-12H,3-4,6H2,(H,24,25). The van der Waals surface area contributed by atoms with Crippen molar-refractivity contribution in [2.45, 2.75) is 19.3 Å². The van der Waals surface area contributed by atoms with Gasteiger partial charge in [0.15, 0.2) is 0 Å². The second-order valence-electron chi connectivity index (χ2n) is 5.91. The van der Waals surface area contributed by atoms with Gasteiger partial charge in [-0.1, -0.05) is 17.7 Å². The van der Waals surface area contributed by atoms with Crippen LogP contribution in [0.1, 0.15) is 22.5 Å². The maximum Gasteiger partial charge on any atom is 0.137 e. The number of H-pyrrole nitrogens is 1. The first-order valence-corrected chi connectivity index (χ1v) is 8.46. The lowest BCUT2D eigenvalue weighted by molar-refractivity contribution is 0.845. The molecule has 0 aromatic carbocycles. The fraction of sp³-hybridized carbons (Fsp3) is 0.158. The van der Waals surface area contributed by atoms with E-state index in [9.17, 15) is 0 Å². The first-order valence-electron chi connectivity index (χ1n) is 8.08. The van der Waals surface area contributed by atoms with Crippen LogP contribution in [0, 0.1) is 0 Å². The molecule has 0 unspecified atom stereocenters. The van der Waals surface area contributed by atoms with Crippen molar-refractivity contribution in [1.82, 2.24) is 24.9 Å². The van der Waals surface area contributed by atoms with Crippen molar-refractivity contribution in [2.24, 2.45) is 0 Å². The molecule has 0 bridgehead atoms. The number of hydrogen-bond donors (Lipinski definition) is 1. The second-order valence-corrected chi connectivity index (χ2v) is 6.35. The van der Waals surface area contributed by atoms with Crippen molar-refractivity contribution < 1.29 is 0 Å². The molecule has 1 N–H and O–H groups in total. The van der Waals surface area contributed by atoms with Gasteiger partial charge in [-0.15, -0.1) is 0 Å². The molecule has 0 saturated carbocycles. The lowest BCUT2D eigenvalue weighted by atomic mass is 10.1. The maximum atomic E-state index is 6.05. The Bertz CT molecular complexity index is 980. The SMILES string of the molecule is Clc1cnc2[nH]cc(Cc3cnc(CCc4cccnc4)nc3)c2c1. The molecule has 0 fully saturated rings. The Hall–Kier alpha value is -2.79. The van der Waals surface area contributed by atoms with Gasteiger partial charge in [0.1, 0.15) is 11.5 Å². The first-order chi connectivity index (χ1) is 12.3. The predicted octanol–water partition coefficient (Wildman–Crippen LogP) is 3.78. The summed E-state index contributed by atoms with van der Waals surface area (Å²) in [5, 5.41) is 1.67. The van der Waals surface area contributed by atoms with Crippen LogP contribution in [0.15, 0.2) is 55.4 Å². The molecule has 5 nitrogen and oxygen atoms in total.